The van der Waals surface area contributed by atoms with Crippen molar-refractivity contribution in [3.05, 3.63) is 47.4 Å². The van der Waals surface area contributed by atoms with Crippen LogP contribution in [-0.2, 0) is 26.6 Å². The molecule has 7 heteroatoms. The number of imidazole rings is 1. The molecule has 0 bridgehead atoms. The Morgan fingerprint density at radius 1 is 1.22 bits per heavy atom. The highest BCUT2D eigenvalue weighted by molar-refractivity contribution is 5.96. The molecule has 1 aliphatic rings. The lowest BCUT2D eigenvalue weighted by Gasteiger charge is -2.14. The first-order valence-electron chi connectivity index (χ1n) is 7.55. The molecule has 3 aromatic heterocycles. The van der Waals surface area contributed by atoms with Crippen molar-refractivity contribution >= 4 is 17.1 Å². The predicted molar refractivity (Wildman–Crippen MR) is 83.5 cm³/mol. The number of aromatic nitrogens is 5. The Morgan fingerprint density at radius 2 is 2.09 bits per heavy atom. The molecule has 4 rings (SSSR count). The summed E-state index contributed by atoms with van der Waals surface area (Å²) in [7, 11) is 1.88. The highest BCUT2D eigenvalue weighted by Gasteiger charge is 2.26. The lowest BCUT2D eigenvalue weighted by atomic mass is 10.2. The molecule has 3 aromatic rings. The molecule has 1 amide bonds. The molecule has 1 aliphatic heterocycles. The van der Waals surface area contributed by atoms with Crippen molar-refractivity contribution in [2.75, 3.05) is 0 Å². The zero-order valence-corrected chi connectivity index (χ0v) is 13.0. The van der Waals surface area contributed by atoms with Gasteiger partial charge >= 0.3 is 0 Å². The molecule has 0 N–H and O–H groups in total. The quantitative estimate of drug-likeness (QED) is 0.716. The van der Waals surface area contributed by atoms with Crippen molar-refractivity contribution in [1.29, 1.82) is 0 Å². The molecular weight excluding hydrogens is 292 g/mol. The lowest BCUT2D eigenvalue weighted by molar-refractivity contribution is 0.0750. The predicted octanol–water partition coefficient (Wildman–Crippen LogP) is 1.48. The first-order chi connectivity index (χ1) is 11.2. The van der Waals surface area contributed by atoms with E-state index in [0.717, 1.165) is 34.7 Å². The van der Waals surface area contributed by atoms with E-state index in [9.17, 15) is 4.79 Å². The van der Waals surface area contributed by atoms with Crippen LogP contribution in [0.4, 0.5) is 0 Å². The monoisotopic (exact) mass is 308 g/mol. The van der Waals surface area contributed by atoms with Gasteiger partial charge < -0.3 is 9.47 Å². The summed E-state index contributed by atoms with van der Waals surface area (Å²) in [6.45, 7) is 3.08. The van der Waals surface area contributed by atoms with E-state index in [-0.39, 0.29) is 5.91 Å². The fourth-order valence-corrected chi connectivity index (χ4v) is 2.82. The molecule has 0 aromatic carbocycles. The van der Waals surface area contributed by atoms with Gasteiger partial charge in [-0.1, -0.05) is 6.92 Å². The lowest BCUT2D eigenvalue weighted by Crippen LogP contribution is -2.25. The number of hydrogen-bond acceptors (Lipinski definition) is 5. The summed E-state index contributed by atoms with van der Waals surface area (Å²) < 4.78 is 1.83. The molecule has 0 radical (unpaired) electrons. The van der Waals surface area contributed by atoms with Crippen molar-refractivity contribution < 1.29 is 4.79 Å². The van der Waals surface area contributed by atoms with E-state index >= 15 is 0 Å². The maximum atomic E-state index is 12.7. The normalized spacial score (nSPS) is 13.6. The van der Waals surface area contributed by atoms with Crippen molar-refractivity contribution in [3.8, 4) is 0 Å². The summed E-state index contributed by atoms with van der Waals surface area (Å²) in [6, 6.07) is 1.79. The van der Waals surface area contributed by atoms with Crippen molar-refractivity contribution in [2.45, 2.75) is 26.4 Å². The van der Waals surface area contributed by atoms with E-state index in [4.69, 9.17) is 0 Å². The van der Waals surface area contributed by atoms with Crippen LogP contribution in [0.25, 0.3) is 11.2 Å². The van der Waals surface area contributed by atoms with Crippen LogP contribution in [0, 0.1) is 0 Å². The van der Waals surface area contributed by atoms with Gasteiger partial charge in [0.05, 0.1) is 24.1 Å². The topological polar surface area (TPSA) is 76.8 Å². The average Bonchev–Trinajstić information content (AvgIpc) is 3.17. The Hall–Kier alpha value is -2.83. The van der Waals surface area contributed by atoms with Crippen LogP contribution in [0.5, 0.6) is 0 Å². The smallest absolute Gasteiger partial charge is 0.256 e. The van der Waals surface area contributed by atoms with E-state index in [1.807, 2.05) is 24.7 Å². The second-order valence-corrected chi connectivity index (χ2v) is 5.70. The number of aryl methyl sites for hydroxylation is 2. The Balaban J connectivity index is 1.61. The molecule has 0 saturated carbocycles. The standard InChI is InChI=1S/C16H16N6O/c1-3-14-17-6-11-7-22(8-13(11)20-14)16(23)10-4-12-15(18-5-10)21(2)9-19-12/h4-6,9H,3,7-8H2,1-2H3. The third-order valence-corrected chi connectivity index (χ3v) is 4.11. The van der Waals surface area contributed by atoms with Gasteiger partial charge in [0, 0.05) is 38.0 Å². The zero-order chi connectivity index (χ0) is 16.0. The van der Waals surface area contributed by atoms with Gasteiger partial charge in [-0.25, -0.2) is 19.9 Å². The largest absolute Gasteiger partial charge is 0.328 e. The Bertz CT molecular complexity index is 916. The summed E-state index contributed by atoms with van der Waals surface area (Å²) in [6.07, 6.45) is 5.92. The minimum atomic E-state index is -0.0545. The molecule has 0 fully saturated rings. The van der Waals surface area contributed by atoms with Crippen LogP contribution in [0.3, 0.4) is 0 Å². The molecule has 0 unspecified atom stereocenters. The molecule has 0 atom stereocenters. The van der Waals surface area contributed by atoms with Crippen molar-refractivity contribution in [2.24, 2.45) is 7.05 Å². The van der Waals surface area contributed by atoms with E-state index in [1.165, 1.54) is 0 Å². The second kappa shape index (κ2) is 5.12. The first kappa shape index (κ1) is 13.8. The third kappa shape index (κ3) is 2.25. The molecule has 0 saturated heterocycles. The van der Waals surface area contributed by atoms with E-state index in [2.05, 4.69) is 19.9 Å². The number of amides is 1. The van der Waals surface area contributed by atoms with Crippen LogP contribution >= 0.6 is 0 Å². The number of hydrogen-bond donors (Lipinski definition) is 0. The van der Waals surface area contributed by atoms with Gasteiger partial charge in [0.15, 0.2) is 5.65 Å². The molecule has 116 valence electrons. The van der Waals surface area contributed by atoms with E-state index in [1.54, 1.807) is 23.5 Å². The number of nitrogens with zero attached hydrogens (tertiary/aromatic N) is 6. The van der Waals surface area contributed by atoms with Gasteiger partial charge in [-0.3, -0.25) is 4.79 Å². The Kier molecular flexibility index (Phi) is 3.07. The number of rotatable bonds is 2. The number of carbonyl (C=O) groups excluding carboxylic acids is 1. The fourth-order valence-electron chi connectivity index (χ4n) is 2.82. The summed E-state index contributed by atoms with van der Waals surface area (Å²) in [4.78, 5) is 31.9. The van der Waals surface area contributed by atoms with Crippen LogP contribution in [0.2, 0.25) is 0 Å². The molecule has 7 nitrogen and oxygen atoms in total. The third-order valence-electron chi connectivity index (χ3n) is 4.11. The minimum absolute atomic E-state index is 0.0545. The zero-order valence-electron chi connectivity index (χ0n) is 13.0. The maximum Gasteiger partial charge on any atom is 0.256 e. The SMILES string of the molecule is CCc1ncc2c(n1)CN(C(=O)c1cnc3c(c1)ncn3C)C2. The highest BCUT2D eigenvalue weighted by atomic mass is 16.2. The van der Waals surface area contributed by atoms with Crippen LogP contribution < -0.4 is 0 Å². The summed E-state index contributed by atoms with van der Waals surface area (Å²) >= 11 is 0. The summed E-state index contributed by atoms with van der Waals surface area (Å²) in [5.74, 6) is 0.760. The van der Waals surface area contributed by atoms with E-state index < -0.39 is 0 Å². The fraction of sp³-hybridized carbons (Fsp3) is 0.312. The number of carbonyl (C=O) groups is 1. The van der Waals surface area contributed by atoms with Crippen molar-refractivity contribution in [1.82, 2.24) is 29.4 Å². The summed E-state index contributed by atoms with van der Waals surface area (Å²) in [5, 5.41) is 0. The molecule has 0 spiro atoms. The highest BCUT2D eigenvalue weighted by Crippen LogP contribution is 2.23. The Labute approximate surface area is 133 Å². The molecular formula is C16H16N6O. The average molecular weight is 308 g/mol. The van der Waals surface area contributed by atoms with Crippen LogP contribution in [-0.4, -0.2) is 35.3 Å². The minimum Gasteiger partial charge on any atom is -0.328 e. The number of pyridine rings is 1. The van der Waals surface area contributed by atoms with Gasteiger partial charge in [-0.15, -0.1) is 0 Å². The molecule has 0 aliphatic carbocycles. The van der Waals surface area contributed by atoms with Crippen molar-refractivity contribution in [3.63, 3.8) is 0 Å². The Morgan fingerprint density at radius 3 is 2.91 bits per heavy atom. The second-order valence-electron chi connectivity index (χ2n) is 5.70. The molecule has 4 heterocycles. The molecule has 23 heavy (non-hydrogen) atoms. The van der Waals surface area contributed by atoms with Gasteiger partial charge in [-0.2, -0.15) is 0 Å². The maximum absolute atomic E-state index is 12.7. The summed E-state index contributed by atoms with van der Waals surface area (Å²) in [5.41, 5.74) is 4.00. The van der Waals surface area contributed by atoms with Gasteiger partial charge in [-0.05, 0) is 6.07 Å². The van der Waals surface area contributed by atoms with Gasteiger partial charge in [0.25, 0.3) is 5.91 Å². The van der Waals surface area contributed by atoms with Crippen LogP contribution in [0.1, 0.15) is 34.4 Å². The first-order valence-corrected chi connectivity index (χ1v) is 7.55. The van der Waals surface area contributed by atoms with Crippen LogP contribution in [0.15, 0.2) is 24.8 Å². The van der Waals surface area contributed by atoms with E-state index in [0.29, 0.717) is 18.7 Å². The number of fused-ring (bicyclic) bond motifs is 2. The van der Waals surface area contributed by atoms with Gasteiger partial charge in [0.1, 0.15) is 11.3 Å². The van der Waals surface area contributed by atoms with Gasteiger partial charge in [0.2, 0.25) is 0 Å².